The van der Waals surface area contributed by atoms with Crippen molar-refractivity contribution < 1.29 is 14.3 Å². The van der Waals surface area contributed by atoms with Crippen LogP contribution in [-0.2, 0) is 9.53 Å². The first-order valence-corrected chi connectivity index (χ1v) is 7.94. The van der Waals surface area contributed by atoms with Gasteiger partial charge >= 0.3 is 5.97 Å². The Balaban J connectivity index is 2.15. The SMILES string of the molecule is COC(=O)C(N)CCSCCOc1ccc(Cl)cc1Cl. The van der Waals surface area contributed by atoms with Crippen molar-refractivity contribution in [2.45, 2.75) is 12.5 Å². The molecule has 7 heteroatoms. The quantitative estimate of drug-likeness (QED) is 0.583. The van der Waals surface area contributed by atoms with Gasteiger partial charge in [-0.15, -0.1) is 0 Å². The smallest absolute Gasteiger partial charge is 0.322 e. The standard InChI is InChI=1S/C13H17Cl2NO3S/c1-18-13(17)11(16)4-6-20-7-5-19-12-3-2-9(14)8-10(12)15/h2-3,8,11H,4-7,16H2,1H3. The third kappa shape index (κ3) is 6.22. The molecular weight excluding hydrogens is 321 g/mol. The molecule has 0 aliphatic heterocycles. The number of methoxy groups -OCH3 is 1. The maximum atomic E-state index is 11.1. The number of hydrogen-bond donors (Lipinski definition) is 1. The number of carbonyl (C=O) groups is 1. The molecule has 1 rings (SSSR count). The van der Waals surface area contributed by atoms with E-state index in [0.717, 1.165) is 11.5 Å². The van der Waals surface area contributed by atoms with Crippen LogP contribution >= 0.6 is 35.0 Å². The van der Waals surface area contributed by atoms with Gasteiger partial charge in [-0.25, -0.2) is 0 Å². The Labute approximate surface area is 132 Å². The van der Waals surface area contributed by atoms with Crippen molar-refractivity contribution in [1.29, 1.82) is 0 Å². The fourth-order valence-corrected chi connectivity index (χ4v) is 2.67. The van der Waals surface area contributed by atoms with Crippen molar-refractivity contribution in [2.75, 3.05) is 25.2 Å². The van der Waals surface area contributed by atoms with E-state index in [4.69, 9.17) is 33.7 Å². The highest BCUT2D eigenvalue weighted by atomic mass is 35.5. The number of hydrogen-bond acceptors (Lipinski definition) is 5. The van der Waals surface area contributed by atoms with E-state index in [9.17, 15) is 4.79 Å². The molecule has 0 fully saturated rings. The molecule has 1 atom stereocenters. The van der Waals surface area contributed by atoms with E-state index in [2.05, 4.69) is 4.74 Å². The number of halogens is 2. The molecule has 0 amide bonds. The lowest BCUT2D eigenvalue weighted by atomic mass is 10.2. The molecule has 4 nitrogen and oxygen atoms in total. The van der Waals surface area contributed by atoms with Crippen molar-refractivity contribution in [3.8, 4) is 5.75 Å². The van der Waals surface area contributed by atoms with Gasteiger partial charge in [0.25, 0.3) is 0 Å². The van der Waals surface area contributed by atoms with Gasteiger partial charge < -0.3 is 15.2 Å². The van der Waals surface area contributed by atoms with Crippen molar-refractivity contribution >= 4 is 40.9 Å². The Hall–Kier alpha value is -0.620. The number of ether oxygens (including phenoxy) is 2. The summed E-state index contributed by atoms with van der Waals surface area (Å²) in [4.78, 5) is 11.1. The average molecular weight is 338 g/mol. The van der Waals surface area contributed by atoms with Crippen molar-refractivity contribution in [2.24, 2.45) is 5.73 Å². The first-order chi connectivity index (χ1) is 9.54. The predicted octanol–water partition coefficient (Wildman–Crippen LogP) is 3.00. The Morgan fingerprint density at radius 2 is 2.15 bits per heavy atom. The lowest BCUT2D eigenvalue weighted by Gasteiger charge is -2.10. The number of nitrogens with two attached hydrogens (primary N) is 1. The molecule has 0 heterocycles. The third-order valence-electron chi connectivity index (χ3n) is 2.46. The van der Waals surface area contributed by atoms with Crippen LogP contribution in [0.3, 0.4) is 0 Å². The van der Waals surface area contributed by atoms with E-state index in [1.165, 1.54) is 7.11 Å². The molecule has 0 aliphatic rings. The minimum atomic E-state index is -0.556. The molecule has 2 N–H and O–H groups in total. The van der Waals surface area contributed by atoms with Gasteiger partial charge in [0.1, 0.15) is 11.8 Å². The zero-order valence-electron chi connectivity index (χ0n) is 11.1. The normalized spacial score (nSPS) is 12.0. The van der Waals surface area contributed by atoms with Crippen LogP contribution in [0.4, 0.5) is 0 Å². The third-order valence-corrected chi connectivity index (χ3v) is 3.97. The number of rotatable bonds is 8. The van der Waals surface area contributed by atoms with Crippen LogP contribution in [0.15, 0.2) is 18.2 Å². The number of esters is 1. The highest BCUT2D eigenvalue weighted by Gasteiger charge is 2.12. The molecule has 0 spiro atoms. The van der Waals surface area contributed by atoms with Crippen molar-refractivity contribution in [1.82, 2.24) is 0 Å². The van der Waals surface area contributed by atoms with E-state index in [-0.39, 0.29) is 5.97 Å². The molecule has 0 saturated heterocycles. The molecule has 0 saturated carbocycles. The van der Waals surface area contributed by atoms with Crippen LogP contribution in [-0.4, -0.2) is 37.2 Å². The molecule has 1 unspecified atom stereocenters. The Morgan fingerprint density at radius 3 is 2.80 bits per heavy atom. The second-order valence-corrected chi connectivity index (χ2v) is 6.02. The fraction of sp³-hybridized carbons (Fsp3) is 0.462. The largest absolute Gasteiger partial charge is 0.491 e. The number of carbonyl (C=O) groups excluding carboxylic acids is 1. The molecule has 0 aliphatic carbocycles. The monoisotopic (exact) mass is 337 g/mol. The van der Waals surface area contributed by atoms with E-state index < -0.39 is 6.04 Å². The Kier molecular flexibility index (Phi) is 8.14. The molecule has 0 aromatic heterocycles. The number of benzene rings is 1. The summed E-state index contributed by atoms with van der Waals surface area (Å²) >= 11 is 13.4. The van der Waals surface area contributed by atoms with Crippen LogP contribution in [0.5, 0.6) is 5.75 Å². The van der Waals surface area contributed by atoms with Gasteiger partial charge in [0.05, 0.1) is 18.7 Å². The summed E-state index contributed by atoms with van der Waals surface area (Å²) < 4.78 is 10.1. The zero-order chi connectivity index (χ0) is 15.0. The van der Waals surface area contributed by atoms with E-state index in [1.807, 2.05) is 0 Å². The second kappa shape index (κ2) is 9.34. The van der Waals surface area contributed by atoms with Gasteiger partial charge in [-0.1, -0.05) is 23.2 Å². The maximum absolute atomic E-state index is 11.1. The van der Waals surface area contributed by atoms with Crippen LogP contribution in [0.1, 0.15) is 6.42 Å². The zero-order valence-corrected chi connectivity index (χ0v) is 13.4. The summed E-state index contributed by atoms with van der Waals surface area (Å²) in [5.74, 6) is 1.79. The molecule has 1 aromatic carbocycles. The lowest BCUT2D eigenvalue weighted by Crippen LogP contribution is -2.32. The molecular formula is C13H17Cl2NO3S. The summed E-state index contributed by atoms with van der Waals surface area (Å²) in [5.41, 5.74) is 5.62. The first kappa shape index (κ1) is 17.4. The van der Waals surface area contributed by atoms with Crippen LogP contribution < -0.4 is 10.5 Å². The molecule has 1 aromatic rings. The van der Waals surface area contributed by atoms with Gasteiger partial charge in [0.2, 0.25) is 0 Å². The number of thioether (sulfide) groups is 1. The van der Waals surface area contributed by atoms with Crippen molar-refractivity contribution in [3.63, 3.8) is 0 Å². The fourth-order valence-electron chi connectivity index (χ4n) is 1.38. The van der Waals surface area contributed by atoms with Crippen LogP contribution in [0.2, 0.25) is 10.0 Å². The summed E-state index contributed by atoms with van der Waals surface area (Å²) in [7, 11) is 1.33. The first-order valence-electron chi connectivity index (χ1n) is 6.03. The minimum Gasteiger partial charge on any atom is -0.491 e. The van der Waals surface area contributed by atoms with Gasteiger partial charge in [-0.3, -0.25) is 4.79 Å². The molecule has 20 heavy (non-hydrogen) atoms. The van der Waals surface area contributed by atoms with Gasteiger partial charge in [-0.2, -0.15) is 11.8 Å². The van der Waals surface area contributed by atoms with E-state index in [1.54, 1.807) is 30.0 Å². The lowest BCUT2D eigenvalue weighted by molar-refractivity contribution is -0.142. The topological polar surface area (TPSA) is 61.5 Å². The average Bonchev–Trinajstić information content (AvgIpc) is 2.43. The molecule has 0 bridgehead atoms. The van der Waals surface area contributed by atoms with E-state index in [0.29, 0.717) is 28.8 Å². The van der Waals surface area contributed by atoms with Gasteiger partial charge in [0, 0.05) is 10.8 Å². The highest BCUT2D eigenvalue weighted by molar-refractivity contribution is 7.99. The summed E-state index contributed by atoms with van der Waals surface area (Å²) in [5, 5.41) is 1.07. The van der Waals surface area contributed by atoms with E-state index >= 15 is 0 Å². The summed E-state index contributed by atoms with van der Waals surface area (Å²) in [6.07, 6.45) is 0.582. The predicted molar refractivity (Wildman–Crippen MR) is 83.9 cm³/mol. The van der Waals surface area contributed by atoms with Gasteiger partial charge in [-0.05, 0) is 30.4 Å². The Morgan fingerprint density at radius 1 is 1.40 bits per heavy atom. The highest BCUT2D eigenvalue weighted by Crippen LogP contribution is 2.27. The maximum Gasteiger partial charge on any atom is 0.322 e. The second-order valence-electron chi connectivity index (χ2n) is 3.95. The molecule has 0 radical (unpaired) electrons. The van der Waals surface area contributed by atoms with Crippen LogP contribution in [0, 0.1) is 0 Å². The van der Waals surface area contributed by atoms with Gasteiger partial charge in [0.15, 0.2) is 0 Å². The summed E-state index contributed by atoms with van der Waals surface area (Å²) in [6, 6.07) is 4.55. The van der Waals surface area contributed by atoms with Crippen LogP contribution in [0.25, 0.3) is 0 Å². The summed E-state index contributed by atoms with van der Waals surface area (Å²) in [6.45, 7) is 0.527. The Bertz CT molecular complexity index is 446. The molecule has 112 valence electrons. The van der Waals surface area contributed by atoms with Crippen molar-refractivity contribution in [3.05, 3.63) is 28.2 Å². The minimum absolute atomic E-state index is 0.380.